The van der Waals surface area contributed by atoms with Crippen LogP contribution in [0.15, 0.2) is 6.20 Å². The number of anilines is 1. The van der Waals surface area contributed by atoms with Gasteiger partial charge in [0.15, 0.2) is 5.82 Å². The zero-order valence-corrected chi connectivity index (χ0v) is 11.3. The standard InChI is InChI=1S/C11H14Cl2N4O/c12-8-5-15-11(13)16-10(8)17(6-9(14)18)7-3-1-2-4-7/h5,7H,1-4,6H2,(H2,14,18). The van der Waals surface area contributed by atoms with Crippen LogP contribution in [0.25, 0.3) is 0 Å². The largest absolute Gasteiger partial charge is 0.368 e. The summed E-state index contributed by atoms with van der Waals surface area (Å²) in [7, 11) is 0. The van der Waals surface area contributed by atoms with Gasteiger partial charge in [0.25, 0.3) is 0 Å². The molecule has 1 aliphatic rings. The maximum atomic E-state index is 11.2. The first-order valence-electron chi connectivity index (χ1n) is 5.81. The number of carbonyl (C=O) groups excluding carboxylic acids is 1. The van der Waals surface area contributed by atoms with E-state index in [2.05, 4.69) is 9.97 Å². The SMILES string of the molecule is NC(=O)CN(c1nc(Cl)ncc1Cl)C1CCCC1. The lowest BCUT2D eigenvalue weighted by atomic mass is 10.2. The Morgan fingerprint density at radius 3 is 2.72 bits per heavy atom. The molecule has 1 saturated carbocycles. The molecule has 98 valence electrons. The Morgan fingerprint density at radius 1 is 1.44 bits per heavy atom. The molecule has 0 aliphatic heterocycles. The summed E-state index contributed by atoms with van der Waals surface area (Å²) in [6.07, 6.45) is 5.72. The Kier molecular flexibility index (Phi) is 4.24. The van der Waals surface area contributed by atoms with Crippen molar-refractivity contribution in [2.45, 2.75) is 31.7 Å². The van der Waals surface area contributed by atoms with Crippen molar-refractivity contribution in [3.63, 3.8) is 0 Å². The van der Waals surface area contributed by atoms with Gasteiger partial charge in [-0.25, -0.2) is 4.98 Å². The van der Waals surface area contributed by atoms with Crippen LogP contribution in [0, 0.1) is 0 Å². The van der Waals surface area contributed by atoms with Crippen molar-refractivity contribution in [3.8, 4) is 0 Å². The summed E-state index contributed by atoms with van der Waals surface area (Å²) in [4.78, 5) is 21.0. The molecule has 1 aromatic heterocycles. The van der Waals surface area contributed by atoms with E-state index in [1.54, 1.807) is 0 Å². The number of halogens is 2. The quantitative estimate of drug-likeness (QED) is 0.861. The highest BCUT2D eigenvalue weighted by Crippen LogP contribution is 2.31. The Hall–Kier alpha value is -1.07. The van der Waals surface area contributed by atoms with Crippen molar-refractivity contribution >= 4 is 34.9 Å². The Morgan fingerprint density at radius 2 is 2.11 bits per heavy atom. The minimum absolute atomic E-state index is 0.0950. The van der Waals surface area contributed by atoms with E-state index in [-0.39, 0.29) is 17.9 Å². The van der Waals surface area contributed by atoms with Gasteiger partial charge in [-0.3, -0.25) is 4.79 Å². The monoisotopic (exact) mass is 288 g/mol. The van der Waals surface area contributed by atoms with Crippen molar-refractivity contribution < 1.29 is 4.79 Å². The van der Waals surface area contributed by atoms with E-state index in [1.165, 1.54) is 6.20 Å². The van der Waals surface area contributed by atoms with Gasteiger partial charge in [0, 0.05) is 6.04 Å². The van der Waals surface area contributed by atoms with Gasteiger partial charge in [-0.15, -0.1) is 0 Å². The first-order valence-corrected chi connectivity index (χ1v) is 6.56. The molecule has 1 heterocycles. The van der Waals surface area contributed by atoms with Gasteiger partial charge in [0.1, 0.15) is 5.02 Å². The van der Waals surface area contributed by atoms with Gasteiger partial charge in [0.05, 0.1) is 12.7 Å². The number of rotatable bonds is 4. The van der Waals surface area contributed by atoms with Crippen molar-refractivity contribution in [2.24, 2.45) is 5.73 Å². The predicted molar refractivity (Wildman–Crippen MR) is 70.8 cm³/mol. The Balaban J connectivity index is 2.31. The van der Waals surface area contributed by atoms with Crippen molar-refractivity contribution in [1.29, 1.82) is 0 Å². The van der Waals surface area contributed by atoms with Gasteiger partial charge >= 0.3 is 0 Å². The van der Waals surface area contributed by atoms with Crippen LogP contribution in [0.2, 0.25) is 10.3 Å². The fourth-order valence-electron chi connectivity index (χ4n) is 2.30. The second-order valence-electron chi connectivity index (χ2n) is 4.34. The Bertz CT molecular complexity index is 449. The highest BCUT2D eigenvalue weighted by molar-refractivity contribution is 6.33. The summed E-state index contributed by atoms with van der Waals surface area (Å²) in [6.45, 7) is 0.0950. The third kappa shape index (κ3) is 3.03. The normalized spacial score (nSPS) is 15.9. The average Bonchev–Trinajstić information content (AvgIpc) is 2.82. The van der Waals surface area contributed by atoms with Crippen LogP contribution < -0.4 is 10.6 Å². The van der Waals surface area contributed by atoms with Crippen LogP contribution in [0.1, 0.15) is 25.7 Å². The minimum Gasteiger partial charge on any atom is -0.368 e. The third-order valence-corrected chi connectivity index (χ3v) is 3.51. The lowest BCUT2D eigenvalue weighted by Crippen LogP contribution is -2.41. The van der Waals surface area contributed by atoms with Crippen LogP contribution in [-0.2, 0) is 4.79 Å². The van der Waals surface area contributed by atoms with E-state index >= 15 is 0 Å². The topological polar surface area (TPSA) is 72.1 Å². The Labute approximate surface area is 115 Å². The first kappa shape index (κ1) is 13.4. The smallest absolute Gasteiger partial charge is 0.237 e. The second-order valence-corrected chi connectivity index (χ2v) is 5.09. The number of hydrogen-bond acceptors (Lipinski definition) is 4. The molecule has 18 heavy (non-hydrogen) atoms. The van der Waals surface area contributed by atoms with Crippen molar-refractivity contribution in [1.82, 2.24) is 9.97 Å². The summed E-state index contributed by atoms with van der Waals surface area (Å²) >= 11 is 11.9. The molecular formula is C11H14Cl2N4O. The first-order chi connectivity index (χ1) is 8.58. The number of hydrogen-bond donors (Lipinski definition) is 1. The predicted octanol–water partition coefficient (Wildman–Crippen LogP) is 2.02. The maximum absolute atomic E-state index is 11.2. The molecule has 0 spiro atoms. The lowest BCUT2D eigenvalue weighted by Gasteiger charge is -2.29. The molecule has 1 aromatic rings. The van der Waals surface area contributed by atoms with Crippen LogP contribution in [-0.4, -0.2) is 28.5 Å². The van der Waals surface area contributed by atoms with Gasteiger partial charge in [0.2, 0.25) is 11.2 Å². The van der Waals surface area contributed by atoms with E-state index in [0.717, 1.165) is 25.7 Å². The summed E-state index contributed by atoms with van der Waals surface area (Å²) in [5.41, 5.74) is 5.29. The van der Waals surface area contributed by atoms with Gasteiger partial charge in [-0.2, -0.15) is 4.98 Å². The van der Waals surface area contributed by atoms with E-state index < -0.39 is 5.91 Å². The second kappa shape index (κ2) is 5.71. The fourth-order valence-corrected chi connectivity index (χ4v) is 2.63. The molecular weight excluding hydrogens is 275 g/mol. The molecule has 5 nitrogen and oxygen atoms in total. The number of aromatic nitrogens is 2. The number of nitrogens with zero attached hydrogens (tertiary/aromatic N) is 3. The average molecular weight is 289 g/mol. The molecule has 7 heteroatoms. The summed E-state index contributed by atoms with van der Waals surface area (Å²) < 4.78 is 0. The number of amides is 1. The van der Waals surface area contributed by atoms with E-state index in [1.807, 2.05) is 4.90 Å². The van der Waals surface area contributed by atoms with Crippen LogP contribution in [0.5, 0.6) is 0 Å². The van der Waals surface area contributed by atoms with Crippen LogP contribution in [0.3, 0.4) is 0 Å². The number of primary amides is 1. The summed E-state index contributed by atoms with van der Waals surface area (Å²) in [5, 5.41) is 0.495. The van der Waals surface area contributed by atoms with E-state index in [4.69, 9.17) is 28.9 Å². The van der Waals surface area contributed by atoms with E-state index in [0.29, 0.717) is 10.8 Å². The van der Waals surface area contributed by atoms with E-state index in [9.17, 15) is 4.79 Å². The zero-order chi connectivity index (χ0) is 13.1. The zero-order valence-electron chi connectivity index (χ0n) is 9.77. The lowest BCUT2D eigenvalue weighted by molar-refractivity contribution is -0.116. The number of carbonyl (C=O) groups is 1. The number of nitrogens with two attached hydrogens (primary N) is 1. The highest BCUT2D eigenvalue weighted by atomic mass is 35.5. The molecule has 1 aliphatic carbocycles. The molecule has 2 N–H and O–H groups in total. The van der Waals surface area contributed by atoms with Crippen LogP contribution >= 0.6 is 23.2 Å². The third-order valence-electron chi connectivity index (χ3n) is 3.06. The molecule has 1 amide bonds. The molecule has 0 aromatic carbocycles. The van der Waals surface area contributed by atoms with Gasteiger partial charge in [-0.1, -0.05) is 24.4 Å². The minimum atomic E-state index is -0.410. The highest BCUT2D eigenvalue weighted by Gasteiger charge is 2.26. The maximum Gasteiger partial charge on any atom is 0.237 e. The molecule has 0 unspecified atom stereocenters. The molecule has 0 atom stereocenters. The van der Waals surface area contributed by atoms with Gasteiger partial charge in [-0.05, 0) is 24.4 Å². The summed E-state index contributed by atoms with van der Waals surface area (Å²) in [5.74, 6) is 0.0788. The van der Waals surface area contributed by atoms with Crippen molar-refractivity contribution in [3.05, 3.63) is 16.5 Å². The molecule has 1 fully saturated rings. The molecule has 0 saturated heterocycles. The summed E-state index contributed by atoms with van der Waals surface area (Å²) in [6, 6.07) is 0.237. The van der Waals surface area contributed by atoms with Crippen molar-refractivity contribution in [2.75, 3.05) is 11.4 Å². The molecule has 0 radical (unpaired) electrons. The molecule has 0 bridgehead atoms. The van der Waals surface area contributed by atoms with Gasteiger partial charge < -0.3 is 10.6 Å². The van der Waals surface area contributed by atoms with Crippen LogP contribution in [0.4, 0.5) is 5.82 Å². The fraction of sp³-hybridized carbons (Fsp3) is 0.545. The molecule has 2 rings (SSSR count).